The predicted octanol–water partition coefficient (Wildman–Crippen LogP) is 1.52. The van der Waals surface area contributed by atoms with Gasteiger partial charge >= 0.3 is 0 Å². The molecule has 1 aromatic rings. The fraction of sp³-hybridized carbons (Fsp3) is 0. The van der Waals surface area contributed by atoms with E-state index in [9.17, 15) is 0 Å². The van der Waals surface area contributed by atoms with Gasteiger partial charge in [0.15, 0.2) is 5.17 Å². The summed E-state index contributed by atoms with van der Waals surface area (Å²) in [6.07, 6.45) is 0. The lowest BCUT2D eigenvalue weighted by Crippen LogP contribution is -1.88. The van der Waals surface area contributed by atoms with E-state index in [2.05, 4.69) is 10.1 Å². The number of rotatable bonds is 1. The van der Waals surface area contributed by atoms with E-state index in [1.165, 1.54) is 11.3 Å². The minimum Gasteiger partial charge on any atom is -0.410 e. The molecular weight excluding hydrogens is 160 g/mol. The number of aromatic nitrogens is 1. The first kappa shape index (κ1) is 6.51. The Bertz CT molecular complexity index is 208. The second kappa shape index (κ2) is 2.80. The van der Waals surface area contributed by atoms with E-state index in [1.807, 2.05) is 0 Å². The number of hydrogen-bond donors (Lipinski definition) is 1. The highest BCUT2D eigenvalue weighted by Crippen LogP contribution is 2.04. The highest BCUT2D eigenvalue weighted by Gasteiger charge is 1.99. The summed E-state index contributed by atoms with van der Waals surface area (Å²) in [7, 11) is 0. The van der Waals surface area contributed by atoms with Crippen LogP contribution in [-0.4, -0.2) is 15.4 Å². The van der Waals surface area contributed by atoms with Gasteiger partial charge < -0.3 is 5.21 Å². The summed E-state index contributed by atoms with van der Waals surface area (Å²) in [5, 5.41) is 12.6. The van der Waals surface area contributed by atoms with E-state index in [4.69, 9.17) is 16.8 Å². The maximum absolute atomic E-state index is 8.13. The first-order valence-corrected chi connectivity index (χ1v) is 3.43. The molecule has 0 atom stereocenters. The molecule has 0 bridgehead atoms. The topological polar surface area (TPSA) is 45.5 Å². The van der Waals surface area contributed by atoms with Crippen LogP contribution in [0.3, 0.4) is 0 Å². The smallest absolute Gasteiger partial charge is 0.194 e. The third kappa shape index (κ3) is 1.40. The number of halogens is 1. The van der Waals surface area contributed by atoms with Crippen LogP contribution >= 0.6 is 22.9 Å². The van der Waals surface area contributed by atoms with Crippen LogP contribution < -0.4 is 0 Å². The number of nitrogens with zero attached hydrogens (tertiary/aromatic N) is 2. The van der Waals surface area contributed by atoms with Gasteiger partial charge in [-0.05, 0) is 0 Å². The molecule has 3 nitrogen and oxygen atoms in total. The fourth-order valence-electron chi connectivity index (χ4n) is 0.366. The Balaban J connectivity index is 2.90. The largest absolute Gasteiger partial charge is 0.410 e. The van der Waals surface area contributed by atoms with E-state index < -0.39 is 0 Å². The van der Waals surface area contributed by atoms with Crippen molar-refractivity contribution in [1.82, 2.24) is 4.98 Å². The molecule has 1 rings (SSSR count). The van der Waals surface area contributed by atoms with E-state index in [-0.39, 0.29) is 5.17 Å². The third-order valence-electron chi connectivity index (χ3n) is 0.731. The Hall–Kier alpha value is -0.610. The molecule has 0 amide bonds. The van der Waals surface area contributed by atoms with Crippen LogP contribution in [0.4, 0.5) is 0 Å². The zero-order valence-corrected chi connectivity index (χ0v) is 5.85. The lowest BCUT2D eigenvalue weighted by Gasteiger charge is -1.83. The van der Waals surface area contributed by atoms with Crippen molar-refractivity contribution in [2.24, 2.45) is 5.16 Å². The SMILES string of the molecule is ON=C(Cl)c1cscn1. The second-order valence-electron chi connectivity index (χ2n) is 1.26. The third-order valence-corrected chi connectivity index (χ3v) is 1.59. The summed E-state index contributed by atoms with van der Waals surface area (Å²) >= 11 is 6.77. The first-order valence-electron chi connectivity index (χ1n) is 2.10. The molecular formula is C4H3ClN2OS. The summed E-state index contributed by atoms with van der Waals surface area (Å²) in [5.41, 5.74) is 2.12. The van der Waals surface area contributed by atoms with Crippen LogP contribution in [0.25, 0.3) is 0 Å². The fourth-order valence-corrected chi connectivity index (χ4v) is 1.07. The van der Waals surface area contributed by atoms with Gasteiger partial charge in [-0.2, -0.15) is 0 Å². The van der Waals surface area contributed by atoms with Crippen molar-refractivity contribution >= 4 is 28.1 Å². The molecule has 1 N–H and O–H groups in total. The molecule has 9 heavy (non-hydrogen) atoms. The molecule has 0 unspecified atom stereocenters. The molecule has 0 aliphatic heterocycles. The van der Waals surface area contributed by atoms with E-state index in [0.29, 0.717) is 5.69 Å². The monoisotopic (exact) mass is 162 g/mol. The van der Waals surface area contributed by atoms with Crippen molar-refractivity contribution in [3.8, 4) is 0 Å². The molecule has 0 radical (unpaired) electrons. The van der Waals surface area contributed by atoms with Crippen molar-refractivity contribution in [1.29, 1.82) is 0 Å². The molecule has 0 aromatic carbocycles. The van der Waals surface area contributed by atoms with Gasteiger partial charge in [0.1, 0.15) is 5.69 Å². The standard InChI is InChI=1S/C4H3ClN2OS/c5-4(7-8)3-1-9-2-6-3/h1-2,8H. The van der Waals surface area contributed by atoms with Crippen LogP contribution in [0.15, 0.2) is 16.0 Å². The lowest BCUT2D eigenvalue weighted by atomic mass is 10.5. The summed E-state index contributed by atoms with van der Waals surface area (Å²) < 4.78 is 0. The molecule has 1 heterocycles. The molecule has 1 aromatic heterocycles. The molecule has 0 saturated heterocycles. The van der Waals surface area contributed by atoms with Crippen LogP contribution in [0.1, 0.15) is 5.69 Å². The molecule has 0 aliphatic carbocycles. The number of oxime groups is 1. The van der Waals surface area contributed by atoms with Gasteiger partial charge in [0.25, 0.3) is 0 Å². The Morgan fingerprint density at radius 3 is 3.11 bits per heavy atom. The van der Waals surface area contributed by atoms with E-state index >= 15 is 0 Å². The van der Waals surface area contributed by atoms with Gasteiger partial charge in [-0.15, -0.1) is 11.3 Å². The van der Waals surface area contributed by atoms with Crippen LogP contribution in [0.2, 0.25) is 0 Å². The maximum Gasteiger partial charge on any atom is 0.194 e. The van der Waals surface area contributed by atoms with Gasteiger partial charge in [0.2, 0.25) is 0 Å². The minimum absolute atomic E-state index is 0.0243. The Labute approximate surface area is 60.6 Å². The highest BCUT2D eigenvalue weighted by molar-refractivity contribution is 7.08. The summed E-state index contributed by atoms with van der Waals surface area (Å²) in [6.45, 7) is 0. The molecule has 0 saturated carbocycles. The molecule has 0 spiro atoms. The van der Waals surface area contributed by atoms with Crippen LogP contribution in [0, 0.1) is 0 Å². The summed E-state index contributed by atoms with van der Waals surface area (Å²) in [5.74, 6) is 0. The Kier molecular flexibility index (Phi) is 2.02. The van der Waals surface area contributed by atoms with Crippen molar-refractivity contribution in [3.05, 3.63) is 16.6 Å². The molecule has 5 heteroatoms. The van der Waals surface area contributed by atoms with E-state index in [1.54, 1.807) is 10.9 Å². The van der Waals surface area contributed by atoms with Gasteiger partial charge in [-0.25, -0.2) is 4.98 Å². The first-order chi connectivity index (χ1) is 4.34. The van der Waals surface area contributed by atoms with Crippen molar-refractivity contribution in [2.45, 2.75) is 0 Å². The van der Waals surface area contributed by atoms with Gasteiger partial charge in [-0.3, -0.25) is 0 Å². The summed E-state index contributed by atoms with van der Waals surface area (Å²) in [4.78, 5) is 3.78. The average Bonchev–Trinajstić information content (AvgIpc) is 2.37. The Morgan fingerprint density at radius 1 is 1.89 bits per heavy atom. The molecule has 48 valence electrons. The normalized spacial score (nSPS) is 11.9. The van der Waals surface area contributed by atoms with Crippen LogP contribution in [0.5, 0.6) is 0 Å². The second-order valence-corrected chi connectivity index (χ2v) is 2.34. The number of hydrogen-bond acceptors (Lipinski definition) is 4. The average molecular weight is 163 g/mol. The Morgan fingerprint density at radius 2 is 2.67 bits per heavy atom. The summed E-state index contributed by atoms with van der Waals surface area (Å²) in [6, 6.07) is 0. The van der Waals surface area contributed by atoms with Crippen LogP contribution in [-0.2, 0) is 0 Å². The quantitative estimate of drug-likeness (QED) is 0.387. The number of thiazole rings is 1. The molecule has 0 aliphatic rings. The van der Waals surface area contributed by atoms with E-state index in [0.717, 1.165) is 0 Å². The zero-order valence-electron chi connectivity index (χ0n) is 4.28. The minimum atomic E-state index is 0.0243. The van der Waals surface area contributed by atoms with Crippen molar-refractivity contribution < 1.29 is 5.21 Å². The zero-order chi connectivity index (χ0) is 6.69. The van der Waals surface area contributed by atoms with Crippen molar-refractivity contribution in [3.63, 3.8) is 0 Å². The lowest BCUT2D eigenvalue weighted by molar-refractivity contribution is 0.320. The highest BCUT2D eigenvalue weighted by atomic mass is 35.5. The van der Waals surface area contributed by atoms with Gasteiger partial charge in [0, 0.05) is 5.38 Å². The van der Waals surface area contributed by atoms with Gasteiger partial charge in [-0.1, -0.05) is 16.8 Å². The molecule has 0 fully saturated rings. The maximum atomic E-state index is 8.13. The van der Waals surface area contributed by atoms with Gasteiger partial charge in [0.05, 0.1) is 5.51 Å². The van der Waals surface area contributed by atoms with Crippen molar-refractivity contribution in [2.75, 3.05) is 0 Å². The predicted molar refractivity (Wildman–Crippen MR) is 36.3 cm³/mol.